The molecule has 1 fully saturated rings. The third-order valence-corrected chi connectivity index (χ3v) is 4.22. The number of nitriles is 1. The summed E-state index contributed by atoms with van der Waals surface area (Å²) in [6, 6.07) is 7.92. The molecule has 1 amide bonds. The van der Waals surface area contributed by atoms with E-state index in [4.69, 9.17) is 21.6 Å². The molecule has 130 valence electrons. The molecule has 1 aliphatic carbocycles. The van der Waals surface area contributed by atoms with E-state index < -0.39 is 5.60 Å². The van der Waals surface area contributed by atoms with Gasteiger partial charge in [0.05, 0.1) is 10.6 Å². The highest BCUT2D eigenvalue weighted by Gasteiger charge is 2.24. The Morgan fingerprint density at radius 2 is 1.88 bits per heavy atom. The largest absolute Gasteiger partial charge is 0.444 e. The van der Waals surface area contributed by atoms with E-state index in [0.29, 0.717) is 16.6 Å². The molecule has 0 unspecified atom stereocenters. The maximum absolute atomic E-state index is 11.8. The highest BCUT2D eigenvalue weighted by Crippen LogP contribution is 2.25. The van der Waals surface area contributed by atoms with Crippen LogP contribution in [0.4, 0.5) is 10.5 Å². The second kappa shape index (κ2) is 7.76. The lowest BCUT2D eigenvalue weighted by molar-refractivity contribution is 0.0492. The van der Waals surface area contributed by atoms with Crippen molar-refractivity contribution >= 4 is 23.4 Å². The molecule has 0 heterocycles. The van der Waals surface area contributed by atoms with Gasteiger partial charge in [-0.15, -0.1) is 0 Å². The van der Waals surface area contributed by atoms with E-state index in [1.54, 1.807) is 12.1 Å². The fourth-order valence-corrected chi connectivity index (χ4v) is 3.01. The van der Waals surface area contributed by atoms with E-state index in [0.717, 1.165) is 31.4 Å². The zero-order chi connectivity index (χ0) is 17.7. The van der Waals surface area contributed by atoms with Gasteiger partial charge < -0.3 is 15.4 Å². The number of nitrogens with one attached hydrogen (secondary N) is 2. The van der Waals surface area contributed by atoms with Gasteiger partial charge in [0.2, 0.25) is 0 Å². The van der Waals surface area contributed by atoms with Crippen molar-refractivity contribution in [1.82, 2.24) is 5.32 Å². The number of alkyl carbamates (subject to hydrolysis) is 1. The normalized spacial score (nSPS) is 20.8. The summed E-state index contributed by atoms with van der Waals surface area (Å²) in [4.78, 5) is 11.8. The van der Waals surface area contributed by atoms with Crippen molar-refractivity contribution in [2.45, 2.75) is 64.1 Å². The van der Waals surface area contributed by atoms with Gasteiger partial charge in [-0.05, 0) is 64.7 Å². The number of hydrogen-bond acceptors (Lipinski definition) is 4. The van der Waals surface area contributed by atoms with Gasteiger partial charge in [-0.1, -0.05) is 11.6 Å². The summed E-state index contributed by atoms with van der Waals surface area (Å²) in [6.07, 6.45) is 3.37. The fourth-order valence-electron chi connectivity index (χ4n) is 2.79. The van der Waals surface area contributed by atoms with Crippen LogP contribution in [0, 0.1) is 11.3 Å². The molecule has 0 spiro atoms. The first-order valence-corrected chi connectivity index (χ1v) is 8.60. The SMILES string of the molecule is CC(C)(C)OC(=O)NC1CCC(Nc2ccc(C#N)c(Cl)c2)CC1. The number of nitrogens with zero attached hydrogens (tertiary/aromatic N) is 1. The van der Waals surface area contributed by atoms with E-state index in [9.17, 15) is 4.79 Å². The van der Waals surface area contributed by atoms with Crippen LogP contribution in [0.5, 0.6) is 0 Å². The molecular formula is C18H24ClN3O2. The van der Waals surface area contributed by atoms with Crippen LogP contribution in [0.25, 0.3) is 0 Å². The Kier molecular flexibility index (Phi) is 5.95. The van der Waals surface area contributed by atoms with Crippen LogP contribution in [0.1, 0.15) is 52.0 Å². The number of rotatable bonds is 3. The van der Waals surface area contributed by atoms with Crippen molar-refractivity contribution in [2.24, 2.45) is 0 Å². The van der Waals surface area contributed by atoms with Crippen LogP contribution in [0.3, 0.4) is 0 Å². The lowest BCUT2D eigenvalue weighted by atomic mass is 9.91. The maximum atomic E-state index is 11.8. The van der Waals surface area contributed by atoms with Gasteiger partial charge >= 0.3 is 6.09 Å². The molecule has 1 saturated carbocycles. The molecule has 0 saturated heterocycles. The van der Waals surface area contributed by atoms with Crippen molar-refractivity contribution in [2.75, 3.05) is 5.32 Å². The van der Waals surface area contributed by atoms with Crippen LogP contribution in [-0.4, -0.2) is 23.8 Å². The summed E-state index contributed by atoms with van der Waals surface area (Å²) in [5, 5.41) is 15.7. The Morgan fingerprint density at radius 1 is 1.25 bits per heavy atom. The number of halogens is 1. The number of anilines is 1. The Bertz CT molecular complexity index is 626. The van der Waals surface area contributed by atoms with Crippen molar-refractivity contribution in [3.8, 4) is 6.07 Å². The average Bonchev–Trinajstić information content (AvgIpc) is 2.47. The zero-order valence-corrected chi connectivity index (χ0v) is 15.1. The van der Waals surface area contributed by atoms with Crippen LogP contribution >= 0.6 is 11.6 Å². The standard InChI is InChI=1S/C18H24ClN3O2/c1-18(2,3)24-17(23)22-14-8-6-13(7-9-14)21-15-5-4-12(11-20)16(19)10-15/h4-5,10,13-14,21H,6-9H2,1-3H3,(H,22,23). The first-order valence-electron chi connectivity index (χ1n) is 8.22. The van der Waals surface area contributed by atoms with Crippen molar-refractivity contribution in [3.05, 3.63) is 28.8 Å². The average molecular weight is 350 g/mol. The first-order chi connectivity index (χ1) is 11.3. The zero-order valence-electron chi connectivity index (χ0n) is 14.4. The first kappa shape index (κ1) is 18.4. The molecule has 24 heavy (non-hydrogen) atoms. The van der Waals surface area contributed by atoms with Gasteiger partial charge in [0.1, 0.15) is 11.7 Å². The predicted octanol–water partition coefficient (Wildman–Crippen LogP) is 4.46. The van der Waals surface area contributed by atoms with Gasteiger partial charge in [0.15, 0.2) is 0 Å². The minimum Gasteiger partial charge on any atom is -0.444 e. The monoisotopic (exact) mass is 349 g/mol. The van der Waals surface area contributed by atoms with E-state index in [2.05, 4.69) is 16.7 Å². The molecular weight excluding hydrogens is 326 g/mol. The van der Waals surface area contributed by atoms with Gasteiger partial charge in [-0.2, -0.15) is 5.26 Å². The molecule has 0 atom stereocenters. The number of ether oxygens (including phenoxy) is 1. The molecule has 0 aliphatic heterocycles. The molecule has 1 aromatic carbocycles. The number of carbonyl (C=O) groups is 1. The molecule has 2 N–H and O–H groups in total. The van der Waals surface area contributed by atoms with Gasteiger partial charge in [-0.3, -0.25) is 0 Å². The lowest BCUT2D eigenvalue weighted by Gasteiger charge is -2.31. The highest BCUT2D eigenvalue weighted by atomic mass is 35.5. The van der Waals surface area contributed by atoms with Crippen LogP contribution < -0.4 is 10.6 Å². The highest BCUT2D eigenvalue weighted by molar-refractivity contribution is 6.32. The third-order valence-electron chi connectivity index (χ3n) is 3.91. The maximum Gasteiger partial charge on any atom is 0.407 e. The van der Waals surface area contributed by atoms with Crippen LogP contribution in [-0.2, 0) is 4.74 Å². The van der Waals surface area contributed by atoms with E-state index >= 15 is 0 Å². The number of carbonyl (C=O) groups excluding carboxylic acids is 1. The summed E-state index contributed by atoms with van der Waals surface area (Å²) in [7, 11) is 0. The summed E-state index contributed by atoms with van der Waals surface area (Å²) in [5.74, 6) is 0. The molecule has 1 aliphatic rings. The number of hydrogen-bond donors (Lipinski definition) is 2. The van der Waals surface area contributed by atoms with E-state index in [1.807, 2.05) is 26.8 Å². The van der Waals surface area contributed by atoms with Crippen molar-refractivity contribution in [1.29, 1.82) is 5.26 Å². The second-order valence-corrected chi connectivity index (χ2v) is 7.55. The Labute approximate surface area is 148 Å². The summed E-state index contributed by atoms with van der Waals surface area (Å²) in [6.45, 7) is 5.57. The predicted molar refractivity (Wildman–Crippen MR) is 95.2 cm³/mol. The fraction of sp³-hybridized carbons (Fsp3) is 0.556. The molecule has 2 rings (SSSR count). The van der Waals surface area contributed by atoms with Crippen LogP contribution in [0.15, 0.2) is 18.2 Å². The van der Waals surface area contributed by atoms with Gasteiger partial charge in [0.25, 0.3) is 0 Å². The van der Waals surface area contributed by atoms with E-state index in [1.165, 1.54) is 0 Å². The number of benzene rings is 1. The second-order valence-electron chi connectivity index (χ2n) is 7.15. The minimum absolute atomic E-state index is 0.155. The van der Waals surface area contributed by atoms with Crippen molar-refractivity contribution < 1.29 is 9.53 Å². The quantitative estimate of drug-likeness (QED) is 0.844. The molecule has 5 nitrogen and oxygen atoms in total. The summed E-state index contributed by atoms with van der Waals surface area (Å²) >= 11 is 6.06. The van der Waals surface area contributed by atoms with Gasteiger partial charge in [0, 0.05) is 17.8 Å². The Hall–Kier alpha value is -1.93. The molecule has 0 radical (unpaired) electrons. The van der Waals surface area contributed by atoms with Crippen molar-refractivity contribution in [3.63, 3.8) is 0 Å². The topological polar surface area (TPSA) is 74.2 Å². The summed E-state index contributed by atoms with van der Waals surface area (Å²) < 4.78 is 5.29. The van der Waals surface area contributed by atoms with Gasteiger partial charge in [-0.25, -0.2) is 4.79 Å². The lowest BCUT2D eigenvalue weighted by Crippen LogP contribution is -2.42. The minimum atomic E-state index is -0.475. The number of amides is 1. The Balaban J connectivity index is 1.80. The smallest absolute Gasteiger partial charge is 0.407 e. The third kappa shape index (κ3) is 5.61. The molecule has 6 heteroatoms. The molecule has 1 aromatic rings. The summed E-state index contributed by atoms with van der Waals surface area (Å²) in [5.41, 5.74) is 0.924. The Morgan fingerprint density at radius 3 is 2.42 bits per heavy atom. The molecule has 0 aromatic heterocycles. The van der Waals surface area contributed by atoms with E-state index in [-0.39, 0.29) is 12.1 Å². The molecule has 0 bridgehead atoms. The van der Waals surface area contributed by atoms with Crippen LogP contribution in [0.2, 0.25) is 5.02 Å².